The van der Waals surface area contributed by atoms with Crippen molar-refractivity contribution in [3.63, 3.8) is 0 Å². The van der Waals surface area contributed by atoms with Crippen LogP contribution in [-0.4, -0.2) is 11.0 Å². The predicted molar refractivity (Wildman–Crippen MR) is 75.7 cm³/mol. The zero-order valence-corrected chi connectivity index (χ0v) is 11.3. The van der Waals surface area contributed by atoms with Gasteiger partial charge in [-0.15, -0.1) is 0 Å². The fraction of sp³-hybridized carbons (Fsp3) is 0.286. The van der Waals surface area contributed by atoms with Gasteiger partial charge in [0.2, 0.25) is 0 Å². The van der Waals surface area contributed by atoms with E-state index in [2.05, 4.69) is 65.9 Å². The minimum Gasteiger partial charge on any atom is -0.492 e. The monoisotopic (exact) mass is 324 g/mol. The maximum atomic E-state index is 5.81. The van der Waals surface area contributed by atoms with Crippen LogP contribution in [0.25, 0.3) is 10.8 Å². The molecule has 0 saturated carbocycles. The molecule has 1 unspecified atom stereocenters. The van der Waals surface area contributed by atoms with Crippen LogP contribution in [0.2, 0.25) is 0 Å². The molecule has 3 rings (SSSR count). The van der Waals surface area contributed by atoms with E-state index in [9.17, 15) is 0 Å². The Hall–Kier alpha value is -0.770. The summed E-state index contributed by atoms with van der Waals surface area (Å²) in [4.78, 5) is 0. The highest BCUT2D eigenvalue weighted by Gasteiger charge is 2.36. The normalized spacial score (nSPS) is 23.1. The molecule has 0 bridgehead atoms. The van der Waals surface area contributed by atoms with Crippen molar-refractivity contribution in [2.45, 2.75) is 12.3 Å². The highest BCUT2D eigenvalue weighted by Crippen LogP contribution is 2.43. The summed E-state index contributed by atoms with van der Waals surface area (Å²) in [6.07, 6.45) is 0. The van der Waals surface area contributed by atoms with Crippen molar-refractivity contribution in [1.29, 1.82) is 0 Å². The van der Waals surface area contributed by atoms with Gasteiger partial charge >= 0.3 is 0 Å². The second-order valence-electron chi connectivity index (χ2n) is 4.64. The summed E-state index contributed by atoms with van der Waals surface area (Å²) in [7, 11) is 0. The van der Waals surface area contributed by atoms with Gasteiger partial charge in [-0.3, -0.25) is 0 Å². The second kappa shape index (κ2) is 3.62. The van der Waals surface area contributed by atoms with Crippen LogP contribution >= 0.6 is 22.6 Å². The molecule has 1 heterocycles. The van der Waals surface area contributed by atoms with E-state index < -0.39 is 0 Å². The maximum Gasteiger partial charge on any atom is 0.123 e. The summed E-state index contributed by atoms with van der Waals surface area (Å²) in [6.45, 7) is 3.09. The molecule has 2 aromatic carbocycles. The number of hydrogen-bond donors (Lipinski definition) is 0. The van der Waals surface area contributed by atoms with Crippen LogP contribution in [0.15, 0.2) is 36.4 Å². The lowest BCUT2D eigenvalue weighted by Crippen LogP contribution is -2.25. The quantitative estimate of drug-likeness (QED) is 0.571. The average molecular weight is 324 g/mol. The number of fused-ring (bicyclic) bond motifs is 3. The smallest absolute Gasteiger partial charge is 0.123 e. The van der Waals surface area contributed by atoms with Crippen molar-refractivity contribution in [2.75, 3.05) is 11.0 Å². The molecule has 82 valence electrons. The summed E-state index contributed by atoms with van der Waals surface area (Å²) in [5.74, 6) is 1.07. The first-order valence-corrected chi connectivity index (χ1v) is 6.98. The standard InChI is InChI=1S/C14H13IO/c1-14(8-15)9-16-12-7-6-10-4-2-3-5-11(10)13(12)14/h2-7H,8-9H2,1H3. The fourth-order valence-electron chi connectivity index (χ4n) is 2.41. The molecule has 0 aromatic heterocycles. The fourth-order valence-corrected chi connectivity index (χ4v) is 3.01. The van der Waals surface area contributed by atoms with Crippen molar-refractivity contribution in [3.05, 3.63) is 42.0 Å². The minimum atomic E-state index is 0.163. The van der Waals surface area contributed by atoms with Crippen molar-refractivity contribution in [2.24, 2.45) is 0 Å². The number of benzene rings is 2. The van der Waals surface area contributed by atoms with Gasteiger partial charge in [-0.25, -0.2) is 0 Å². The van der Waals surface area contributed by atoms with Crippen LogP contribution in [-0.2, 0) is 5.41 Å². The molecule has 0 N–H and O–H groups in total. The number of hydrogen-bond acceptors (Lipinski definition) is 1. The van der Waals surface area contributed by atoms with Gasteiger partial charge in [-0.05, 0) is 16.8 Å². The Labute approximate surface area is 109 Å². The number of ether oxygens (including phenoxy) is 1. The first kappa shape index (κ1) is 10.4. The van der Waals surface area contributed by atoms with E-state index in [-0.39, 0.29) is 5.41 Å². The Balaban J connectivity index is 2.37. The molecule has 1 aliphatic rings. The lowest BCUT2D eigenvalue weighted by atomic mass is 9.84. The minimum absolute atomic E-state index is 0.163. The Morgan fingerprint density at radius 3 is 2.88 bits per heavy atom. The van der Waals surface area contributed by atoms with Crippen LogP contribution < -0.4 is 4.74 Å². The van der Waals surface area contributed by atoms with Gasteiger partial charge in [0.1, 0.15) is 5.75 Å². The lowest BCUT2D eigenvalue weighted by molar-refractivity contribution is 0.296. The van der Waals surface area contributed by atoms with Crippen LogP contribution in [0.4, 0.5) is 0 Å². The van der Waals surface area contributed by atoms with Crippen LogP contribution in [0.3, 0.4) is 0 Å². The van der Waals surface area contributed by atoms with Gasteiger partial charge in [0, 0.05) is 15.4 Å². The molecule has 16 heavy (non-hydrogen) atoms. The Morgan fingerprint density at radius 2 is 2.06 bits per heavy atom. The number of rotatable bonds is 1. The third-order valence-corrected chi connectivity index (χ3v) is 5.02. The van der Waals surface area contributed by atoms with Gasteiger partial charge in [0.25, 0.3) is 0 Å². The van der Waals surface area contributed by atoms with E-state index in [1.807, 2.05) is 0 Å². The van der Waals surface area contributed by atoms with Gasteiger partial charge < -0.3 is 4.74 Å². The molecule has 1 atom stereocenters. The summed E-state index contributed by atoms with van der Waals surface area (Å²) in [5, 5.41) is 2.65. The van der Waals surface area contributed by atoms with E-state index in [1.54, 1.807) is 0 Å². The number of alkyl halides is 1. The van der Waals surface area contributed by atoms with E-state index in [4.69, 9.17) is 4.74 Å². The summed E-state index contributed by atoms with van der Waals surface area (Å²) >= 11 is 2.46. The molecule has 0 fully saturated rings. The Morgan fingerprint density at radius 1 is 1.25 bits per heavy atom. The largest absolute Gasteiger partial charge is 0.492 e. The third-order valence-electron chi connectivity index (χ3n) is 3.34. The topological polar surface area (TPSA) is 9.23 Å². The molecule has 2 aromatic rings. The summed E-state index contributed by atoms with van der Waals surface area (Å²) < 4.78 is 6.90. The molecule has 0 saturated heterocycles. The van der Waals surface area contributed by atoms with Gasteiger partial charge in [0.05, 0.1) is 6.61 Å². The molecule has 0 spiro atoms. The van der Waals surface area contributed by atoms with Gasteiger partial charge in [-0.1, -0.05) is 59.8 Å². The second-order valence-corrected chi connectivity index (χ2v) is 5.41. The zero-order chi connectivity index (χ0) is 11.2. The highest BCUT2D eigenvalue weighted by atomic mass is 127. The van der Waals surface area contributed by atoms with Gasteiger partial charge in [-0.2, -0.15) is 0 Å². The Kier molecular flexibility index (Phi) is 2.35. The zero-order valence-electron chi connectivity index (χ0n) is 9.16. The molecule has 1 nitrogen and oxygen atoms in total. The lowest BCUT2D eigenvalue weighted by Gasteiger charge is -2.20. The SMILES string of the molecule is CC1(CI)COc2ccc3ccccc3c21. The first-order valence-electron chi connectivity index (χ1n) is 5.46. The molecule has 0 aliphatic carbocycles. The van der Waals surface area contributed by atoms with Crippen molar-refractivity contribution < 1.29 is 4.74 Å². The van der Waals surface area contributed by atoms with Crippen LogP contribution in [0, 0.1) is 0 Å². The summed E-state index contributed by atoms with van der Waals surface area (Å²) in [6, 6.07) is 12.8. The van der Waals surface area contributed by atoms with Crippen LogP contribution in [0.1, 0.15) is 12.5 Å². The maximum absolute atomic E-state index is 5.81. The van der Waals surface area contributed by atoms with E-state index in [0.29, 0.717) is 0 Å². The van der Waals surface area contributed by atoms with Crippen molar-refractivity contribution >= 4 is 33.4 Å². The van der Waals surface area contributed by atoms with E-state index in [0.717, 1.165) is 16.8 Å². The first-order chi connectivity index (χ1) is 7.74. The predicted octanol–water partition coefficient (Wildman–Crippen LogP) is 3.92. The molecule has 0 amide bonds. The van der Waals surface area contributed by atoms with Crippen LogP contribution in [0.5, 0.6) is 5.75 Å². The van der Waals surface area contributed by atoms with Crippen molar-refractivity contribution in [3.8, 4) is 5.75 Å². The van der Waals surface area contributed by atoms with Gasteiger partial charge in [0.15, 0.2) is 0 Å². The molecular weight excluding hydrogens is 311 g/mol. The molecular formula is C14H13IO. The molecule has 1 aliphatic heterocycles. The average Bonchev–Trinajstić information content (AvgIpc) is 2.68. The third kappa shape index (κ3) is 1.35. The van der Waals surface area contributed by atoms with Crippen molar-refractivity contribution in [1.82, 2.24) is 0 Å². The molecule has 2 heteroatoms. The number of halogens is 1. The van der Waals surface area contributed by atoms with E-state index >= 15 is 0 Å². The Bertz CT molecular complexity index is 549. The highest BCUT2D eigenvalue weighted by molar-refractivity contribution is 14.1. The van der Waals surface area contributed by atoms with E-state index in [1.165, 1.54) is 16.3 Å². The molecule has 0 radical (unpaired) electrons. The summed E-state index contributed by atoms with van der Waals surface area (Å²) in [5.41, 5.74) is 1.55.